The Labute approximate surface area is 118 Å². The van der Waals surface area contributed by atoms with Gasteiger partial charge in [-0.1, -0.05) is 12.1 Å². The van der Waals surface area contributed by atoms with Gasteiger partial charge in [-0.25, -0.2) is 0 Å². The average Bonchev–Trinajstić information content (AvgIpc) is 3.28. The molecule has 3 atom stereocenters. The Morgan fingerprint density at radius 2 is 2.00 bits per heavy atom. The fourth-order valence-corrected chi connectivity index (χ4v) is 2.54. The molecule has 1 saturated carbocycles. The zero-order valence-corrected chi connectivity index (χ0v) is 11.5. The van der Waals surface area contributed by atoms with Crippen LogP contribution in [0.15, 0.2) is 24.3 Å². The monoisotopic (exact) mass is 276 g/mol. The van der Waals surface area contributed by atoms with Crippen LogP contribution in [0.25, 0.3) is 0 Å². The lowest BCUT2D eigenvalue weighted by atomic mass is 10.1. The topological polar surface area (TPSA) is 73.6 Å². The summed E-state index contributed by atoms with van der Waals surface area (Å²) in [7, 11) is 0. The Kier molecular flexibility index (Phi) is 3.53. The first-order chi connectivity index (χ1) is 9.69. The van der Waals surface area contributed by atoms with Crippen LogP contribution in [0.5, 0.6) is 11.5 Å². The van der Waals surface area contributed by atoms with E-state index in [-0.39, 0.29) is 18.1 Å². The predicted octanol–water partition coefficient (Wildman–Crippen LogP) is 1.07. The number of ether oxygens (including phenoxy) is 2. The zero-order chi connectivity index (χ0) is 14.1. The van der Waals surface area contributed by atoms with Crippen LogP contribution >= 0.6 is 0 Å². The molecule has 5 nitrogen and oxygen atoms in total. The number of para-hydroxylation sites is 2. The van der Waals surface area contributed by atoms with Gasteiger partial charge in [-0.2, -0.15) is 0 Å². The maximum absolute atomic E-state index is 12.3. The summed E-state index contributed by atoms with van der Waals surface area (Å²) in [5, 5.41) is 2.99. The molecular weight excluding hydrogens is 256 g/mol. The first kappa shape index (κ1) is 13.2. The molecule has 0 radical (unpaired) electrons. The molecule has 1 aliphatic heterocycles. The lowest BCUT2D eigenvalue weighted by Gasteiger charge is -2.32. The molecule has 1 aromatic rings. The summed E-state index contributed by atoms with van der Waals surface area (Å²) < 4.78 is 11.5. The van der Waals surface area contributed by atoms with Gasteiger partial charge < -0.3 is 20.5 Å². The minimum absolute atomic E-state index is 0.0514. The number of carbonyl (C=O) groups excluding carboxylic acids is 1. The van der Waals surface area contributed by atoms with Crippen molar-refractivity contribution in [2.75, 3.05) is 6.54 Å². The molecule has 2 aliphatic rings. The summed E-state index contributed by atoms with van der Waals surface area (Å²) in [6.07, 6.45) is 1.34. The third-order valence-electron chi connectivity index (χ3n) is 3.87. The van der Waals surface area contributed by atoms with Crippen molar-refractivity contribution in [1.82, 2.24) is 5.32 Å². The largest absolute Gasteiger partial charge is 0.482 e. The van der Waals surface area contributed by atoms with Crippen LogP contribution < -0.4 is 20.5 Å². The molecular formula is C15H20N2O3. The van der Waals surface area contributed by atoms with Crippen molar-refractivity contribution in [3.05, 3.63) is 24.3 Å². The second-order valence-electron chi connectivity index (χ2n) is 5.50. The minimum Gasteiger partial charge on any atom is -0.482 e. The van der Waals surface area contributed by atoms with E-state index in [1.807, 2.05) is 31.2 Å². The van der Waals surface area contributed by atoms with Crippen molar-refractivity contribution in [3.63, 3.8) is 0 Å². The lowest BCUT2D eigenvalue weighted by Crippen LogP contribution is -2.53. The van der Waals surface area contributed by atoms with E-state index in [9.17, 15) is 4.79 Å². The van der Waals surface area contributed by atoms with Gasteiger partial charge in [-0.3, -0.25) is 4.79 Å². The highest BCUT2D eigenvalue weighted by molar-refractivity contribution is 5.82. The van der Waals surface area contributed by atoms with E-state index < -0.39 is 6.10 Å². The quantitative estimate of drug-likeness (QED) is 0.862. The Morgan fingerprint density at radius 3 is 2.60 bits per heavy atom. The second kappa shape index (κ2) is 5.32. The van der Waals surface area contributed by atoms with Crippen molar-refractivity contribution in [1.29, 1.82) is 0 Å². The molecule has 20 heavy (non-hydrogen) atoms. The van der Waals surface area contributed by atoms with Gasteiger partial charge in [0.25, 0.3) is 5.91 Å². The molecule has 1 heterocycles. The first-order valence-corrected chi connectivity index (χ1v) is 7.12. The maximum Gasteiger partial charge on any atom is 0.265 e. The summed E-state index contributed by atoms with van der Waals surface area (Å²) in [6.45, 7) is 2.31. The molecule has 0 aromatic heterocycles. The third kappa shape index (κ3) is 2.58. The summed E-state index contributed by atoms with van der Waals surface area (Å²) in [6, 6.07) is 7.44. The van der Waals surface area contributed by atoms with Gasteiger partial charge in [-0.05, 0) is 37.8 Å². The van der Waals surface area contributed by atoms with Gasteiger partial charge in [0.2, 0.25) is 6.10 Å². The summed E-state index contributed by atoms with van der Waals surface area (Å²) >= 11 is 0. The fraction of sp³-hybridized carbons (Fsp3) is 0.533. The number of amides is 1. The molecule has 3 rings (SSSR count). The number of hydrogen-bond donors (Lipinski definition) is 2. The molecule has 1 aliphatic carbocycles. The van der Waals surface area contributed by atoms with Crippen LogP contribution in [-0.2, 0) is 4.79 Å². The fourth-order valence-electron chi connectivity index (χ4n) is 2.54. The van der Waals surface area contributed by atoms with Crippen LogP contribution in [0.4, 0.5) is 0 Å². The normalized spacial score (nSPS) is 25.9. The Bertz CT molecular complexity index is 502. The Hall–Kier alpha value is -1.75. The minimum atomic E-state index is -0.627. The van der Waals surface area contributed by atoms with Crippen LogP contribution in [0.2, 0.25) is 0 Å². The number of fused-ring (bicyclic) bond motifs is 1. The van der Waals surface area contributed by atoms with E-state index in [0.29, 0.717) is 24.0 Å². The van der Waals surface area contributed by atoms with E-state index in [2.05, 4.69) is 5.32 Å². The molecule has 3 N–H and O–H groups in total. The highest BCUT2D eigenvalue weighted by atomic mass is 16.6. The van der Waals surface area contributed by atoms with Gasteiger partial charge in [0, 0.05) is 12.6 Å². The Morgan fingerprint density at radius 1 is 1.35 bits per heavy atom. The van der Waals surface area contributed by atoms with Crippen molar-refractivity contribution >= 4 is 5.91 Å². The number of carbonyl (C=O) groups is 1. The van der Waals surface area contributed by atoms with E-state index in [4.69, 9.17) is 15.2 Å². The lowest BCUT2D eigenvalue weighted by molar-refractivity contribution is -0.134. The van der Waals surface area contributed by atoms with Gasteiger partial charge in [0.05, 0.1) is 0 Å². The number of hydrogen-bond acceptors (Lipinski definition) is 4. The molecule has 1 amide bonds. The number of benzene rings is 1. The predicted molar refractivity (Wildman–Crippen MR) is 74.7 cm³/mol. The van der Waals surface area contributed by atoms with Crippen molar-refractivity contribution < 1.29 is 14.3 Å². The van der Waals surface area contributed by atoms with Gasteiger partial charge in [0.15, 0.2) is 11.5 Å². The highest BCUT2D eigenvalue weighted by Crippen LogP contribution is 2.34. The molecule has 3 unspecified atom stereocenters. The van der Waals surface area contributed by atoms with Crippen LogP contribution in [0.3, 0.4) is 0 Å². The molecule has 5 heteroatoms. The molecule has 0 saturated heterocycles. The van der Waals surface area contributed by atoms with Gasteiger partial charge in [0.1, 0.15) is 6.10 Å². The van der Waals surface area contributed by atoms with Crippen molar-refractivity contribution in [2.45, 2.75) is 38.0 Å². The van der Waals surface area contributed by atoms with E-state index in [1.165, 1.54) is 0 Å². The van der Waals surface area contributed by atoms with E-state index >= 15 is 0 Å². The number of rotatable bonds is 4. The SMILES string of the molecule is CC1Oc2ccccc2OC1C(=O)NC(CN)C1CC1. The standard InChI is InChI=1S/C15H20N2O3/c1-9-14(15(18)17-11(8-16)10-6-7-10)20-13-5-3-2-4-12(13)19-9/h2-5,9-11,14H,6-8,16H2,1H3,(H,17,18). The molecule has 1 aromatic carbocycles. The third-order valence-corrected chi connectivity index (χ3v) is 3.87. The Balaban J connectivity index is 1.69. The first-order valence-electron chi connectivity index (χ1n) is 7.12. The molecule has 0 bridgehead atoms. The van der Waals surface area contributed by atoms with Crippen LogP contribution in [0.1, 0.15) is 19.8 Å². The molecule has 1 fully saturated rings. The van der Waals surface area contributed by atoms with Crippen molar-refractivity contribution in [3.8, 4) is 11.5 Å². The van der Waals surface area contributed by atoms with E-state index in [1.54, 1.807) is 0 Å². The smallest absolute Gasteiger partial charge is 0.265 e. The second-order valence-corrected chi connectivity index (χ2v) is 5.50. The summed E-state index contributed by atoms with van der Waals surface area (Å²) in [5.74, 6) is 1.67. The van der Waals surface area contributed by atoms with Crippen LogP contribution in [-0.4, -0.2) is 30.7 Å². The summed E-state index contributed by atoms with van der Waals surface area (Å²) in [5.41, 5.74) is 5.72. The summed E-state index contributed by atoms with van der Waals surface area (Å²) in [4.78, 5) is 12.3. The van der Waals surface area contributed by atoms with Gasteiger partial charge in [-0.15, -0.1) is 0 Å². The van der Waals surface area contributed by atoms with Crippen molar-refractivity contribution in [2.24, 2.45) is 11.7 Å². The van der Waals surface area contributed by atoms with Crippen LogP contribution in [0, 0.1) is 5.92 Å². The number of nitrogens with one attached hydrogen (secondary N) is 1. The zero-order valence-electron chi connectivity index (χ0n) is 11.5. The highest BCUT2D eigenvalue weighted by Gasteiger charge is 2.37. The van der Waals surface area contributed by atoms with Gasteiger partial charge >= 0.3 is 0 Å². The number of nitrogens with two attached hydrogens (primary N) is 1. The molecule has 0 spiro atoms. The van der Waals surface area contributed by atoms with E-state index in [0.717, 1.165) is 12.8 Å². The molecule has 108 valence electrons. The maximum atomic E-state index is 12.3. The average molecular weight is 276 g/mol.